The van der Waals surface area contributed by atoms with Crippen molar-refractivity contribution in [3.05, 3.63) is 182 Å². The van der Waals surface area contributed by atoms with Crippen LogP contribution >= 0.6 is 0 Å². The monoisotopic (exact) mass is 1020 g/mol. The normalized spacial score (nSPS) is 18.1. The van der Waals surface area contributed by atoms with Gasteiger partial charge in [-0.2, -0.15) is 6.07 Å². The van der Waals surface area contributed by atoms with Crippen LogP contribution in [0.5, 0.6) is 0 Å². The number of rotatable bonds is 3. The Bertz CT molecular complexity index is 3330. The minimum absolute atomic E-state index is 0. The Balaban J connectivity index is 0.00000484. The molecule has 0 spiro atoms. The van der Waals surface area contributed by atoms with E-state index in [2.05, 4.69) is 202 Å². The van der Waals surface area contributed by atoms with Gasteiger partial charge in [-0.15, -0.1) is 40.3 Å². The first kappa shape index (κ1) is 42.2. The fourth-order valence-corrected chi connectivity index (χ4v) is 11.2. The molecule has 0 saturated heterocycles. The Morgan fingerprint density at radius 2 is 1.36 bits per heavy atom. The van der Waals surface area contributed by atoms with Crippen molar-refractivity contribution < 1.29 is 25.8 Å². The molecule has 2 atom stereocenters. The summed E-state index contributed by atoms with van der Waals surface area (Å²) in [4.78, 5) is 13.0. The van der Waals surface area contributed by atoms with Crippen molar-refractivity contribution in [1.82, 2.24) is 9.55 Å². The molecule has 6 aromatic carbocycles. The van der Waals surface area contributed by atoms with E-state index in [4.69, 9.17) is 14.7 Å². The van der Waals surface area contributed by atoms with Gasteiger partial charge >= 0.3 is 21.1 Å². The van der Waals surface area contributed by atoms with Crippen LogP contribution in [0.3, 0.4) is 0 Å². The molecule has 11 rings (SSSR count). The summed E-state index contributed by atoms with van der Waals surface area (Å²) in [6, 6.07) is 43.9. The van der Waals surface area contributed by atoms with Crippen molar-refractivity contribution in [3.8, 4) is 16.9 Å². The third-order valence-electron chi connectivity index (χ3n) is 14.3. The molecule has 0 radical (unpaired) electrons. The van der Waals surface area contributed by atoms with Crippen LogP contribution in [-0.2, 0) is 42.2 Å². The molecule has 0 fully saturated rings. The van der Waals surface area contributed by atoms with E-state index >= 15 is 0 Å². The fourth-order valence-electron chi connectivity index (χ4n) is 11.2. The number of aryl methyl sites for hydroxylation is 6. The Morgan fingerprint density at radius 1 is 0.656 bits per heavy atom. The largest absolute Gasteiger partial charge is 2.00 e. The van der Waals surface area contributed by atoms with Crippen molar-refractivity contribution in [1.29, 1.82) is 0 Å². The van der Waals surface area contributed by atoms with Crippen molar-refractivity contribution >= 4 is 44.8 Å². The van der Waals surface area contributed by atoms with E-state index < -0.39 is 5.54 Å². The van der Waals surface area contributed by atoms with Gasteiger partial charge in [0.25, 0.3) is 0 Å². The Morgan fingerprint density at radius 3 is 2.12 bits per heavy atom. The fraction of sp³-hybridized carbons (Fsp3) is 0.276. The minimum Gasteiger partial charge on any atom is -0.509 e. The second-order valence-corrected chi connectivity index (χ2v) is 20.2. The molecule has 0 bridgehead atoms. The predicted molar refractivity (Wildman–Crippen MR) is 260 cm³/mol. The Kier molecular flexibility index (Phi) is 9.47. The number of hydrogen-bond donors (Lipinski definition) is 0. The molecule has 4 heterocycles. The number of benzene rings is 6. The SMILES string of the molecule is Cc1cc(C)c2c(c1)[C@@H]1OC(c3[c-]c(N4c5[c-]c6c(cc5C(C)(C)c5ccccc54)c4ccccc4n6-c4cc(C(C)(C)C)ccn4)c(C)cc3C)=N[C@]1(C)c1cc(C)cc(C)c1-2.[Pt+2]. The predicted octanol–water partition coefficient (Wildman–Crippen LogP) is 14.4. The van der Waals surface area contributed by atoms with E-state index in [-0.39, 0.29) is 38.0 Å². The molecule has 3 aliphatic rings. The molecule has 5 nitrogen and oxygen atoms in total. The van der Waals surface area contributed by atoms with Gasteiger partial charge in [-0.05, 0) is 120 Å². The summed E-state index contributed by atoms with van der Waals surface area (Å²) in [5.41, 5.74) is 21.0. The molecule has 0 saturated carbocycles. The maximum Gasteiger partial charge on any atom is 2.00 e. The van der Waals surface area contributed by atoms with Gasteiger partial charge in [0.1, 0.15) is 23.4 Å². The zero-order valence-electron chi connectivity index (χ0n) is 38.9. The van der Waals surface area contributed by atoms with Gasteiger partial charge in [0, 0.05) is 23.0 Å². The zero-order chi connectivity index (χ0) is 44.1. The summed E-state index contributed by atoms with van der Waals surface area (Å²) in [7, 11) is 0. The second-order valence-electron chi connectivity index (χ2n) is 20.2. The number of hydrogen-bond acceptors (Lipinski definition) is 4. The molecular weight excluding hydrogens is 964 g/mol. The first-order chi connectivity index (χ1) is 30.0. The van der Waals surface area contributed by atoms with Crippen molar-refractivity contribution in [3.63, 3.8) is 0 Å². The molecule has 0 N–H and O–H groups in total. The molecule has 2 aliphatic heterocycles. The van der Waals surface area contributed by atoms with Crippen LogP contribution in [0.2, 0.25) is 0 Å². The summed E-state index contributed by atoms with van der Waals surface area (Å²) < 4.78 is 9.53. The zero-order valence-corrected chi connectivity index (χ0v) is 41.2. The molecule has 1 aliphatic carbocycles. The Hall–Kier alpha value is -5.77. The summed E-state index contributed by atoms with van der Waals surface area (Å²) in [5, 5.41) is 2.34. The van der Waals surface area contributed by atoms with Gasteiger partial charge in [-0.25, -0.2) is 4.98 Å². The third-order valence-corrected chi connectivity index (χ3v) is 14.3. The first-order valence-electron chi connectivity index (χ1n) is 22.4. The Labute approximate surface area is 392 Å². The standard InChI is InChI=1S/C58H54N4O.Pt/c1-32-23-36(5)52-42(25-32)54-58(12,45-26-33(2)24-37(6)53(45)52)60-55(63-54)40-30-48(35(4)27-34(40)3)61-47-20-16-14-18-43(47)57(10,11)44-29-41-39-17-13-15-19-46(39)62(49(41)31-50(44)61)51-28-38(21-22-59-51)56(7,8)9;/h13-29,54H,1-12H3;/q-2;+2/t54-,58+;/m0./s1. The van der Waals surface area contributed by atoms with Crippen LogP contribution in [-0.4, -0.2) is 15.4 Å². The number of nitrogens with zero attached hydrogens (tertiary/aromatic N) is 4. The number of pyridine rings is 1. The minimum atomic E-state index is -0.626. The van der Waals surface area contributed by atoms with Crippen molar-refractivity contribution in [2.75, 3.05) is 4.90 Å². The van der Waals surface area contributed by atoms with Gasteiger partial charge in [0.05, 0.1) is 0 Å². The van der Waals surface area contributed by atoms with E-state index in [1.807, 2.05) is 6.20 Å². The number of fused-ring (bicyclic) bond motifs is 11. The topological polar surface area (TPSA) is 42.6 Å². The molecule has 6 heteroatoms. The van der Waals surface area contributed by atoms with E-state index in [1.165, 1.54) is 66.6 Å². The summed E-state index contributed by atoms with van der Waals surface area (Å²) in [6.07, 6.45) is 1.66. The summed E-state index contributed by atoms with van der Waals surface area (Å²) in [5.74, 6) is 1.52. The average Bonchev–Trinajstić information content (AvgIpc) is 3.76. The summed E-state index contributed by atoms with van der Waals surface area (Å²) >= 11 is 0. The van der Waals surface area contributed by atoms with E-state index in [9.17, 15) is 0 Å². The van der Waals surface area contributed by atoms with E-state index in [0.29, 0.717) is 5.90 Å². The van der Waals surface area contributed by atoms with Crippen LogP contribution in [0.15, 0.2) is 108 Å². The first-order valence-corrected chi connectivity index (χ1v) is 22.4. The maximum absolute atomic E-state index is 7.23. The number of ether oxygens (including phenoxy) is 1. The molecular formula is C58H54N4OPt. The molecule has 64 heavy (non-hydrogen) atoms. The van der Waals surface area contributed by atoms with Crippen molar-refractivity contribution in [2.24, 2.45) is 4.99 Å². The van der Waals surface area contributed by atoms with Crippen molar-refractivity contribution in [2.45, 2.75) is 106 Å². The van der Waals surface area contributed by atoms with E-state index in [1.54, 1.807) is 0 Å². The smallest absolute Gasteiger partial charge is 0.509 e. The molecule has 2 aromatic heterocycles. The van der Waals surface area contributed by atoms with Gasteiger partial charge in [0.2, 0.25) is 0 Å². The van der Waals surface area contributed by atoms with Gasteiger partial charge in [-0.1, -0.05) is 137 Å². The van der Waals surface area contributed by atoms with Gasteiger partial charge in [-0.3, -0.25) is 4.99 Å². The average molecular weight is 1020 g/mol. The molecule has 322 valence electrons. The maximum atomic E-state index is 7.23. The van der Waals surface area contributed by atoms with Crippen LogP contribution in [0.1, 0.15) is 114 Å². The van der Waals surface area contributed by atoms with E-state index in [0.717, 1.165) is 56.0 Å². The molecule has 0 amide bonds. The van der Waals surface area contributed by atoms with Gasteiger partial charge < -0.3 is 14.2 Å². The van der Waals surface area contributed by atoms with Gasteiger partial charge in [0.15, 0.2) is 0 Å². The third kappa shape index (κ3) is 5.99. The van der Waals surface area contributed by atoms with Crippen LogP contribution in [0.25, 0.3) is 38.8 Å². The number of anilines is 3. The summed E-state index contributed by atoms with van der Waals surface area (Å²) in [6.45, 7) is 26.9. The van der Waals surface area contributed by atoms with Crippen LogP contribution < -0.4 is 4.90 Å². The molecule has 8 aromatic rings. The number of para-hydroxylation sites is 2. The second kappa shape index (κ2) is 14.4. The number of aromatic nitrogens is 2. The quantitative estimate of drug-likeness (QED) is 0.166. The molecule has 0 unspecified atom stereocenters. The van der Waals surface area contributed by atoms with Crippen LogP contribution in [0, 0.1) is 53.7 Å². The van der Waals surface area contributed by atoms with Crippen LogP contribution in [0.4, 0.5) is 17.1 Å². The number of aliphatic imine (C=N–C) groups is 1.